The van der Waals surface area contributed by atoms with E-state index < -0.39 is 0 Å². The van der Waals surface area contributed by atoms with Gasteiger partial charge in [0.1, 0.15) is 0 Å². The second-order valence-corrected chi connectivity index (χ2v) is 5.28. The molecule has 0 unspecified atom stereocenters. The summed E-state index contributed by atoms with van der Waals surface area (Å²) in [5, 5.41) is 3.65. The Labute approximate surface area is 110 Å². The number of hydrogen-bond donors (Lipinski definition) is 1. The minimum Gasteiger partial charge on any atom is -0.382 e. The Morgan fingerprint density at radius 2 is 1.83 bits per heavy atom. The normalized spacial score (nSPS) is 17.4. The van der Waals surface area contributed by atoms with Crippen LogP contribution in [0.25, 0.3) is 0 Å². The highest BCUT2D eigenvalue weighted by Gasteiger charge is 2.18. The lowest BCUT2D eigenvalue weighted by Gasteiger charge is -2.31. The predicted molar refractivity (Wildman–Crippen MR) is 77.8 cm³/mol. The van der Waals surface area contributed by atoms with Crippen molar-refractivity contribution in [1.82, 2.24) is 4.90 Å². The Bertz CT molecular complexity index is 417. The van der Waals surface area contributed by atoms with Crippen LogP contribution in [0.4, 0.5) is 5.69 Å². The number of rotatable bonds is 3. The molecule has 0 amide bonds. The van der Waals surface area contributed by atoms with Gasteiger partial charge in [-0.2, -0.15) is 0 Å². The van der Waals surface area contributed by atoms with Gasteiger partial charge in [0.05, 0.1) is 6.54 Å². The van der Waals surface area contributed by atoms with Crippen molar-refractivity contribution in [1.29, 1.82) is 0 Å². The maximum atomic E-state index is 5.34. The van der Waals surface area contributed by atoms with Crippen LogP contribution in [0.3, 0.4) is 0 Å². The van der Waals surface area contributed by atoms with Crippen LogP contribution in [-0.4, -0.2) is 30.6 Å². The van der Waals surface area contributed by atoms with Gasteiger partial charge >= 0.3 is 0 Å². The van der Waals surface area contributed by atoms with E-state index in [0.717, 1.165) is 19.6 Å². The van der Waals surface area contributed by atoms with E-state index in [1.165, 1.54) is 29.7 Å². The molecular weight excluding hydrogens is 220 g/mol. The van der Waals surface area contributed by atoms with Crippen molar-refractivity contribution >= 4 is 5.69 Å². The van der Waals surface area contributed by atoms with Crippen LogP contribution < -0.4 is 5.32 Å². The van der Waals surface area contributed by atoms with Gasteiger partial charge in [-0.1, -0.05) is 12.0 Å². The number of nitrogens with one attached hydrogen (secondary N) is 1. The first-order chi connectivity index (χ1) is 8.67. The number of anilines is 1. The van der Waals surface area contributed by atoms with E-state index in [0.29, 0.717) is 6.04 Å². The Morgan fingerprint density at radius 3 is 2.39 bits per heavy atom. The summed E-state index contributed by atoms with van der Waals surface area (Å²) in [5.74, 6) is 2.72. The number of piperidine rings is 1. The Hall–Kier alpha value is -1.46. The van der Waals surface area contributed by atoms with E-state index in [1.54, 1.807) is 0 Å². The molecule has 1 aliphatic heterocycles. The quantitative estimate of drug-likeness (QED) is 0.820. The SMILES string of the molecule is C#CCN1CCC(Nc2cc(C)cc(C)c2)CC1. The highest BCUT2D eigenvalue weighted by Crippen LogP contribution is 2.19. The summed E-state index contributed by atoms with van der Waals surface area (Å²) in [7, 11) is 0. The zero-order valence-corrected chi connectivity index (χ0v) is 11.4. The zero-order valence-electron chi connectivity index (χ0n) is 11.4. The number of terminal acetylenes is 1. The van der Waals surface area contributed by atoms with Crippen LogP contribution in [0.2, 0.25) is 0 Å². The van der Waals surface area contributed by atoms with Crippen LogP contribution in [0.5, 0.6) is 0 Å². The van der Waals surface area contributed by atoms with Crippen LogP contribution in [0.15, 0.2) is 18.2 Å². The van der Waals surface area contributed by atoms with Crippen molar-refractivity contribution < 1.29 is 0 Å². The number of benzene rings is 1. The standard InChI is InChI=1S/C16H22N2/c1-4-7-18-8-5-15(6-9-18)17-16-11-13(2)10-14(3)12-16/h1,10-12,15,17H,5-9H2,2-3H3. The summed E-state index contributed by atoms with van der Waals surface area (Å²) in [6.07, 6.45) is 7.69. The van der Waals surface area contributed by atoms with E-state index >= 15 is 0 Å². The molecule has 2 heteroatoms. The van der Waals surface area contributed by atoms with Crippen LogP contribution in [0.1, 0.15) is 24.0 Å². The Balaban J connectivity index is 1.90. The monoisotopic (exact) mass is 242 g/mol. The van der Waals surface area contributed by atoms with Crippen molar-refractivity contribution in [3.8, 4) is 12.3 Å². The topological polar surface area (TPSA) is 15.3 Å². The molecule has 2 nitrogen and oxygen atoms in total. The summed E-state index contributed by atoms with van der Waals surface area (Å²) < 4.78 is 0. The third kappa shape index (κ3) is 3.51. The number of aryl methyl sites for hydroxylation is 2. The summed E-state index contributed by atoms with van der Waals surface area (Å²) in [6, 6.07) is 7.24. The third-order valence-corrected chi connectivity index (χ3v) is 3.49. The third-order valence-electron chi connectivity index (χ3n) is 3.49. The molecule has 0 aromatic heterocycles. The first kappa shape index (κ1) is 13.0. The fourth-order valence-electron chi connectivity index (χ4n) is 2.66. The summed E-state index contributed by atoms with van der Waals surface area (Å²) >= 11 is 0. The lowest BCUT2D eigenvalue weighted by Crippen LogP contribution is -2.39. The molecule has 1 aromatic carbocycles. The van der Waals surface area contributed by atoms with Crippen molar-refractivity contribution in [3.63, 3.8) is 0 Å². The summed E-state index contributed by atoms with van der Waals surface area (Å²) in [5.41, 5.74) is 3.90. The van der Waals surface area contributed by atoms with E-state index in [9.17, 15) is 0 Å². The van der Waals surface area contributed by atoms with E-state index in [1.807, 2.05) is 0 Å². The minimum atomic E-state index is 0.584. The first-order valence-corrected chi connectivity index (χ1v) is 6.68. The molecule has 0 radical (unpaired) electrons. The maximum absolute atomic E-state index is 5.34. The van der Waals surface area contributed by atoms with Gasteiger partial charge in [-0.3, -0.25) is 4.90 Å². The molecule has 1 N–H and O–H groups in total. The van der Waals surface area contributed by atoms with Crippen molar-refractivity contribution in [2.45, 2.75) is 32.7 Å². The molecule has 1 aromatic rings. The molecule has 0 spiro atoms. The molecule has 0 aliphatic carbocycles. The van der Waals surface area contributed by atoms with Crippen molar-refractivity contribution in [3.05, 3.63) is 29.3 Å². The van der Waals surface area contributed by atoms with Gasteiger partial charge in [-0.25, -0.2) is 0 Å². The minimum absolute atomic E-state index is 0.584. The molecular formula is C16H22N2. The second-order valence-electron chi connectivity index (χ2n) is 5.28. The van der Waals surface area contributed by atoms with Crippen LogP contribution >= 0.6 is 0 Å². The van der Waals surface area contributed by atoms with Crippen LogP contribution in [-0.2, 0) is 0 Å². The van der Waals surface area contributed by atoms with Gasteiger partial charge in [0, 0.05) is 24.8 Å². The molecule has 0 bridgehead atoms. The highest BCUT2D eigenvalue weighted by atomic mass is 15.1. The van der Waals surface area contributed by atoms with Gasteiger partial charge in [0.25, 0.3) is 0 Å². The molecule has 1 aliphatic rings. The van der Waals surface area contributed by atoms with E-state index in [4.69, 9.17) is 6.42 Å². The number of hydrogen-bond acceptors (Lipinski definition) is 2. The molecule has 1 heterocycles. The van der Waals surface area contributed by atoms with Crippen molar-refractivity contribution in [2.75, 3.05) is 25.0 Å². The fourth-order valence-corrected chi connectivity index (χ4v) is 2.66. The van der Waals surface area contributed by atoms with Gasteiger partial charge < -0.3 is 5.32 Å². The Kier molecular flexibility index (Phi) is 4.28. The average molecular weight is 242 g/mol. The second kappa shape index (κ2) is 5.93. The molecule has 0 saturated carbocycles. The van der Waals surface area contributed by atoms with E-state index in [2.05, 4.69) is 48.2 Å². The Morgan fingerprint density at radius 1 is 1.22 bits per heavy atom. The maximum Gasteiger partial charge on any atom is 0.0598 e. The van der Waals surface area contributed by atoms with Crippen LogP contribution in [0, 0.1) is 26.2 Å². The largest absolute Gasteiger partial charge is 0.382 e. The van der Waals surface area contributed by atoms with E-state index in [-0.39, 0.29) is 0 Å². The lowest BCUT2D eigenvalue weighted by molar-refractivity contribution is 0.243. The summed E-state index contributed by atoms with van der Waals surface area (Å²) in [4.78, 5) is 2.35. The zero-order chi connectivity index (χ0) is 13.0. The molecule has 0 atom stereocenters. The average Bonchev–Trinajstić information content (AvgIpc) is 2.31. The number of likely N-dealkylation sites (tertiary alicyclic amines) is 1. The molecule has 2 rings (SSSR count). The van der Waals surface area contributed by atoms with Gasteiger partial charge in [-0.15, -0.1) is 6.42 Å². The lowest BCUT2D eigenvalue weighted by atomic mass is 10.0. The summed E-state index contributed by atoms with van der Waals surface area (Å²) in [6.45, 7) is 7.29. The smallest absolute Gasteiger partial charge is 0.0598 e. The van der Waals surface area contributed by atoms with Gasteiger partial charge in [0.15, 0.2) is 0 Å². The molecule has 96 valence electrons. The predicted octanol–water partition coefficient (Wildman–Crippen LogP) is 2.81. The van der Waals surface area contributed by atoms with Gasteiger partial charge in [0.2, 0.25) is 0 Å². The highest BCUT2D eigenvalue weighted by molar-refractivity contribution is 5.49. The molecule has 18 heavy (non-hydrogen) atoms. The van der Waals surface area contributed by atoms with Crippen molar-refractivity contribution in [2.24, 2.45) is 0 Å². The number of nitrogens with zero attached hydrogens (tertiary/aromatic N) is 1. The first-order valence-electron chi connectivity index (χ1n) is 6.68. The van der Waals surface area contributed by atoms with Gasteiger partial charge in [-0.05, 0) is 49.9 Å². The molecule has 1 saturated heterocycles. The fraction of sp³-hybridized carbons (Fsp3) is 0.500. The molecule has 1 fully saturated rings.